The van der Waals surface area contributed by atoms with Gasteiger partial charge in [0.05, 0.1) is 0 Å². The van der Waals surface area contributed by atoms with Crippen molar-refractivity contribution in [2.24, 2.45) is 0 Å². The van der Waals surface area contributed by atoms with Gasteiger partial charge in [0.2, 0.25) is 0 Å². The molecule has 0 spiro atoms. The first kappa shape index (κ1) is 31.1. The minimum Gasteiger partial charge on any atom is -0.310 e. The molecule has 1 aliphatic rings. The van der Waals surface area contributed by atoms with Gasteiger partial charge in [-0.1, -0.05) is 135 Å². The van der Waals surface area contributed by atoms with E-state index in [1.54, 1.807) is 0 Å². The average molecular weight is 679 g/mol. The Morgan fingerprint density at radius 3 is 1.43 bits per heavy atom. The molecule has 0 saturated carbocycles. The highest BCUT2D eigenvalue weighted by molar-refractivity contribution is 6.17. The quantitative estimate of drug-likeness (QED) is 0.162. The number of rotatable bonds is 6. The number of nitrogens with zero attached hydrogens (tertiary/aromatic N) is 2. The van der Waals surface area contributed by atoms with Gasteiger partial charge in [0.15, 0.2) is 0 Å². The molecule has 0 heterocycles. The zero-order valence-electron chi connectivity index (χ0n) is 29.9. The van der Waals surface area contributed by atoms with Crippen LogP contribution in [0, 0.1) is 0 Å². The molecule has 1 aliphatic carbocycles. The number of fused-ring (bicyclic) bond motifs is 8. The molecule has 0 aromatic heterocycles. The summed E-state index contributed by atoms with van der Waals surface area (Å²) in [7, 11) is 0. The van der Waals surface area contributed by atoms with Gasteiger partial charge < -0.3 is 9.80 Å². The largest absolute Gasteiger partial charge is 0.310 e. The summed E-state index contributed by atoms with van der Waals surface area (Å²) >= 11 is 0. The molecule has 0 fully saturated rings. The van der Waals surface area contributed by atoms with E-state index in [-0.39, 0.29) is 5.41 Å². The lowest BCUT2D eigenvalue weighted by Gasteiger charge is -2.29. The highest BCUT2D eigenvalue weighted by Crippen LogP contribution is 2.51. The topological polar surface area (TPSA) is 6.48 Å². The smallest absolute Gasteiger partial charge is 0.0468 e. The Labute approximate surface area is 310 Å². The van der Waals surface area contributed by atoms with E-state index < -0.39 is 0 Å². The molecule has 9 aromatic carbocycles. The van der Waals surface area contributed by atoms with Crippen molar-refractivity contribution in [1.29, 1.82) is 0 Å². The maximum atomic E-state index is 2.40. The second-order valence-electron chi connectivity index (χ2n) is 14.6. The molecule has 0 aliphatic heterocycles. The Balaban J connectivity index is 1.07. The summed E-state index contributed by atoms with van der Waals surface area (Å²) in [6, 6.07) is 70.8. The van der Waals surface area contributed by atoms with Crippen LogP contribution in [0.4, 0.5) is 34.1 Å². The number of para-hydroxylation sites is 2. The van der Waals surface area contributed by atoms with E-state index in [9.17, 15) is 0 Å². The molecule has 0 saturated heterocycles. The van der Waals surface area contributed by atoms with Crippen LogP contribution < -0.4 is 9.80 Å². The van der Waals surface area contributed by atoms with E-state index >= 15 is 0 Å². The van der Waals surface area contributed by atoms with E-state index in [1.165, 1.54) is 54.6 Å². The van der Waals surface area contributed by atoms with Gasteiger partial charge in [-0.15, -0.1) is 0 Å². The Bertz CT molecular complexity index is 2800. The summed E-state index contributed by atoms with van der Waals surface area (Å²) < 4.78 is 0. The molecule has 10 rings (SSSR count). The van der Waals surface area contributed by atoms with Gasteiger partial charge in [-0.3, -0.25) is 0 Å². The van der Waals surface area contributed by atoms with Gasteiger partial charge in [-0.2, -0.15) is 0 Å². The van der Waals surface area contributed by atoms with Crippen molar-refractivity contribution >= 4 is 66.4 Å². The third-order valence-corrected chi connectivity index (χ3v) is 11.2. The number of anilines is 6. The van der Waals surface area contributed by atoms with Gasteiger partial charge >= 0.3 is 0 Å². The predicted octanol–water partition coefficient (Wildman–Crippen LogP) is 14.4. The fraction of sp³-hybridized carbons (Fsp3) is 0.0588. The van der Waals surface area contributed by atoms with Crippen molar-refractivity contribution in [3.8, 4) is 11.1 Å². The lowest BCUT2D eigenvalue weighted by Crippen LogP contribution is -2.16. The molecule has 53 heavy (non-hydrogen) atoms. The molecule has 2 nitrogen and oxygen atoms in total. The fourth-order valence-electron chi connectivity index (χ4n) is 8.59. The minimum absolute atomic E-state index is 0.0791. The Hall–Kier alpha value is -6.64. The molecule has 0 N–H and O–H groups in total. The molecule has 0 radical (unpaired) electrons. The van der Waals surface area contributed by atoms with Crippen molar-refractivity contribution in [2.45, 2.75) is 19.3 Å². The normalized spacial score (nSPS) is 12.9. The lowest BCUT2D eigenvalue weighted by molar-refractivity contribution is 0.660. The van der Waals surface area contributed by atoms with E-state index in [2.05, 4.69) is 218 Å². The first-order valence-electron chi connectivity index (χ1n) is 18.4. The first-order valence-corrected chi connectivity index (χ1v) is 18.4. The van der Waals surface area contributed by atoms with Gasteiger partial charge in [0.1, 0.15) is 0 Å². The number of hydrogen-bond donors (Lipinski definition) is 0. The molecule has 0 amide bonds. The highest BCUT2D eigenvalue weighted by atomic mass is 15.2. The van der Waals surface area contributed by atoms with Crippen molar-refractivity contribution in [1.82, 2.24) is 0 Å². The van der Waals surface area contributed by atoms with E-state index in [4.69, 9.17) is 0 Å². The van der Waals surface area contributed by atoms with Crippen LogP contribution in [-0.4, -0.2) is 0 Å². The first-order chi connectivity index (χ1) is 26.0. The van der Waals surface area contributed by atoms with Gasteiger partial charge in [-0.05, 0) is 127 Å². The van der Waals surface area contributed by atoms with Crippen LogP contribution in [0.15, 0.2) is 194 Å². The minimum atomic E-state index is -0.0791. The summed E-state index contributed by atoms with van der Waals surface area (Å²) in [5, 5.41) is 7.62. The van der Waals surface area contributed by atoms with E-state index in [1.807, 2.05) is 0 Å². The summed E-state index contributed by atoms with van der Waals surface area (Å²) in [5.41, 5.74) is 12.1. The molecule has 9 aromatic rings. The second-order valence-corrected chi connectivity index (χ2v) is 14.6. The standard InChI is InChI=1S/C51H38N2/c1-51(2)49-20-12-11-19-47(49)48-32-28-42(34-50(48)51)53(38-16-7-4-8-17-38)40-25-23-39(24-26-40)52(37-14-5-3-6-15-37)41-27-31-44-36(33-41)22-30-45-43-18-10-9-13-35(43)21-29-46(44)45/h3-34H,1-2H3. The van der Waals surface area contributed by atoms with Crippen LogP contribution in [0.2, 0.25) is 0 Å². The molecular weight excluding hydrogens is 641 g/mol. The van der Waals surface area contributed by atoms with Crippen molar-refractivity contribution in [3.05, 3.63) is 205 Å². The Kier molecular flexibility index (Phi) is 7.19. The SMILES string of the molecule is CC1(C)c2ccccc2-c2ccc(N(c3ccccc3)c3ccc(N(c4ccccc4)c4ccc5c(ccc6c7ccccc7ccc56)c4)cc3)cc21. The second kappa shape index (κ2) is 12.3. The average Bonchev–Trinajstić information content (AvgIpc) is 3.44. The molecule has 0 unspecified atom stereocenters. The highest BCUT2D eigenvalue weighted by Gasteiger charge is 2.35. The Morgan fingerprint density at radius 1 is 0.302 bits per heavy atom. The summed E-state index contributed by atoms with van der Waals surface area (Å²) in [4.78, 5) is 4.73. The molecule has 2 heteroatoms. The third-order valence-electron chi connectivity index (χ3n) is 11.2. The van der Waals surface area contributed by atoms with E-state index in [0.717, 1.165) is 34.1 Å². The van der Waals surface area contributed by atoms with Gasteiger partial charge in [0, 0.05) is 39.5 Å². The predicted molar refractivity (Wildman–Crippen MR) is 226 cm³/mol. The monoisotopic (exact) mass is 678 g/mol. The Morgan fingerprint density at radius 2 is 0.755 bits per heavy atom. The number of benzene rings is 9. The van der Waals surface area contributed by atoms with Gasteiger partial charge in [0.25, 0.3) is 0 Å². The van der Waals surface area contributed by atoms with Crippen LogP contribution in [0.1, 0.15) is 25.0 Å². The molecule has 0 atom stereocenters. The van der Waals surface area contributed by atoms with Crippen LogP contribution in [0.5, 0.6) is 0 Å². The molecule has 252 valence electrons. The van der Waals surface area contributed by atoms with Crippen LogP contribution in [0.3, 0.4) is 0 Å². The summed E-state index contributed by atoms with van der Waals surface area (Å²) in [6.45, 7) is 4.69. The van der Waals surface area contributed by atoms with E-state index in [0.29, 0.717) is 0 Å². The fourth-order valence-corrected chi connectivity index (χ4v) is 8.59. The van der Waals surface area contributed by atoms with Crippen LogP contribution in [0.25, 0.3) is 43.4 Å². The molecule has 0 bridgehead atoms. The van der Waals surface area contributed by atoms with Crippen LogP contribution >= 0.6 is 0 Å². The number of hydrogen-bond acceptors (Lipinski definition) is 2. The summed E-state index contributed by atoms with van der Waals surface area (Å²) in [6.07, 6.45) is 0. The van der Waals surface area contributed by atoms with Crippen molar-refractivity contribution in [2.75, 3.05) is 9.80 Å². The summed E-state index contributed by atoms with van der Waals surface area (Å²) in [5.74, 6) is 0. The van der Waals surface area contributed by atoms with Crippen LogP contribution in [-0.2, 0) is 5.41 Å². The zero-order chi connectivity index (χ0) is 35.5. The van der Waals surface area contributed by atoms with Crippen molar-refractivity contribution in [3.63, 3.8) is 0 Å². The lowest BCUT2D eigenvalue weighted by atomic mass is 9.82. The van der Waals surface area contributed by atoms with Crippen molar-refractivity contribution < 1.29 is 0 Å². The maximum absolute atomic E-state index is 2.40. The zero-order valence-corrected chi connectivity index (χ0v) is 29.9. The maximum Gasteiger partial charge on any atom is 0.0468 e. The van der Waals surface area contributed by atoms with Gasteiger partial charge in [-0.25, -0.2) is 0 Å². The third kappa shape index (κ3) is 5.10. The molecular formula is C51H38N2.